The molecule has 0 aromatic rings. The van der Waals surface area contributed by atoms with Crippen molar-refractivity contribution < 1.29 is 4.79 Å². The minimum Gasteiger partial charge on any atom is -0.336 e. The third-order valence-corrected chi connectivity index (χ3v) is 4.90. The van der Waals surface area contributed by atoms with Crippen molar-refractivity contribution in [3.05, 3.63) is 0 Å². The average molecular weight is 208 g/mol. The maximum Gasteiger partial charge on any atom is 0.241 e. The van der Waals surface area contributed by atoms with E-state index in [9.17, 15) is 4.79 Å². The summed E-state index contributed by atoms with van der Waals surface area (Å²) in [5, 5.41) is 0. The zero-order valence-corrected chi connectivity index (χ0v) is 9.36. The van der Waals surface area contributed by atoms with Gasteiger partial charge in [0.25, 0.3) is 0 Å². The number of hydrogen-bond donors (Lipinski definition) is 1. The first-order chi connectivity index (χ1) is 7.16. The van der Waals surface area contributed by atoms with Crippen molar-refractivity contribution in [1.29, 1.82) is 0 Å². The number of carbonyl (C=O) groups is 1. The lowest BCUT2D eigenvalue weighted by atomic mass is 9.82. The minimum absolute atomic E-state index is 0.172. The predicted octanol–water partition coefficient (Wildman–Crippen LogP) is 0.981. The number of nitrogens with zero attached hydrogens (tertiary/aromatic N) is 1. The second-order valence-electron chi connectivity index (χ2n) is 5.68. The highest BCUT2D eigenvalue weighted by Crippen LogP contribution is 2.50. The van der Waals surface area contributed by atoms with E-state index in [0.29, 0.717) is 6.04 Å². The summed E-state index contributed by atoms with van der Waals surface area (Å²) >= 11 is 0. The molecule has 2 saturated carbocycles. The molecule has 1 aliphatic heterocycles. The number of likely N-dealkylation sites (tertiary alicyclic amines) is 1. The van der Waals surface area contributed by atoms with Crippen LogP contribution in [0.5, 0.6) is 0 Å². The van der Waals surface area contributed by atoms with Crippen LogP contribution in [-0.2, 0) is 4.79 Å². The molecule has 3 fully saturated rings. The van der Waals surface area contributed by atoms with Crippen LogP contribution in [0.4, 0.5) is 0 Å². The van der Waals surface area contributed by atoms with Crippen molar-refractivity contribution >= 4 is 5.91 Å². The summed E-state index contributed by atoms with van der Waals surface area (Å²) in [7, 11) is 0. The molecule has 2 N–H and O–H groups in total. The van der Waals surface area contributed by atoms with Crippen molar-refractivity contribution in [3.8, 4) is 0 Å². The van der Waals surface area contributed by atoms with E-state index in [-0.39, 0.29) is 11.9 Å². The summed E-state index contributed by atoms with van der Waals surface area (Å²) in [5.74, 6) is 2.80. The molecule has 84 valence electrons. The second kappa shape index (κ2) is 3.21. The van der Waals surface area contributed by atoms with E-state index in [2.05, 4.69) is 6.92 Å². The Bertz CT molecular complexity index is 291. The molecule has 0 spiro atoms. The third-order valence-electron chi connectivity index (χ3n) is 4.90. The molecular weight excluding hydrogens is 188 g/mol. The predicted molar refractivity (Wildman–Crippen MR) is 58.1 cm³/mol. The van der Waals surface area contributed by atoms with Crippen LogP contribution in [0.25, 0.3) is 0 Å². The van der Waals surface area contributed by atoms with Gasteiger partial charge >= 0.3 is 0 Å². The van der Waals surface area contributed by atoms with E-state index in [4.69, 9.17) is 5.73 Å². The first-order valence-electron chi connectivity index (χ1n) is 6.23. The van der Waals surface area contributed by atoms with Crippen molar-refractivity contribution in [1.82, 2.24) is 4.90 Å². The van der Waals surface area contributed by atoms with Gasteiger partial charge in [0.1, 0.15) is 6.04 Å². The van der Waals surface area contributed by atoms with Crippen LogP contribution in [0.3, 0.4) is 0 Å². The molecule has 5 unspecified atom stereocenters. The molecule has 3 nitrogen and oxygen atoms in total. The number of nitrogens with two attached hydrogens (primary N) is 1. The van der Waals surface area contributed by atoms with Gasteiger partial charge in [0.2, 0.25) is 5.91 Å². The van der Waals surface area contributed by atoms with E-state index < -0.39 is 0 Å². The highest BCUT2D eigenvalue weighted by Gasteiger charge is 2.47. The van der Waals surface area contributed by atoms with Gasteiger partial charge in [-0.2, -0.15) is 0 Å². The molecule has 3 aliphatic rings. The largest absolute Gasteiger partial charge is 0.336 e. The van der Waals surface area contributed by atoms with Gasteiger partial charge in [-0.05, 0) is 43.9 Å². The summed E-state index contributed by atoms with van der Waals surface area (Å²) in [4.78, 5) is 13.6. The number of β-lactam (4-membered cyclic amide) rings is 1. The average Bonchev–Trinajstić information content (AvgIpc) is 2.85. The molecular formula is C12H20N2O. The van der Waals surface area contributed by atoms with Gasteiger partial charge in [-0.25, -0.2) is 0 Å². The van der Waals surface area contributed by atoms with Gasteiger partial charge in [0.05, 0.1) is 0 Å². The Morgan fingerprint density at radius 2 is 2.20 bits per heavy atom. The molecule has 3 heteroatoms. The highest BCUT2D eigenvalue weighted by atomic mass is 16.2. The second-order valence-corrected chi connectivity index (χ2v) is 5.68. The summed E-state index contributed by atoms with van der Waals surface area (Å²) in [6.07, 6.45) is 5.60. The lowest BCUT2D eigenvalue weighted by molar-refractivity contribution is -0.147. The molecule has 2 bridgehead atoms. The zero-order valence-electron chi connectivity index (χ0n) is 9.36. The van der Waals surface area contributed by atoms with E-state index >= 15 is 0 Å². The van der Waals surface area contributed by atoms with Gasteiger partial charge < -0.3 is 10.6 Å². The van der Waals surface area contributed by atoms with E-state index in [1.165, 1.54) is 25.7 Å². The minimum atomic E-state index is -0.203. The molecule has 1 heterocycles. The molecule has 2 aliphatic carbocycles. The van der Waals surface area contributed by atoms with Crippen LogP contribution >= 0.6 is 0 Å². The highest BCUT2D eigenvalue weighted by molar-refractivity contribution is 5.87. The van der Waals surface area contributed by atoms with Crippen LogP contribution < -0.4 is 5.73 Å². The molecule has 0 aromatic carbocycles. The Balaban J connectivity index is 1.66. The summed E-state index contributed by atoms with van der Waals surface area (Å²) in [5.41, 5.74) is 5.63. The molecule has 5 atom stereocenters. The number of carbonyl (C=O) groups excluding carboxylic acids is 1. The quantitative estimate of drug-likeness (QED) is 0.688. The topological polar surface area (TPSA) is 46.3 Å². The van der Waals surface area contributed by atoms with Crippen LogP contribution in [0, 0.1) is 17.8 Å². The van der Waals surface area contributed by atoms with Gasteiger partial charge in [0, 0.05) is 12.6 Å². The molecule has 3 rings (SSSR count). The van der Waals surface area contributed by atoms with Crippen LogP contribution in [0.2, 0.25) is 0 Å². The van der Waals surface area contributed by atoms with E-state index in [0.717, 1.165) is 24.3 Å². The smallest absolute Gasteiger partial charge is 0.241 e. The van der Waals surface area contributed by atoms with E-state index in [1.54, 1.807) is 0 Å². The van der Waals surface area contributed by atoms with Crippen molar-refractivity contribution in [2.24, 2.45) is 23.5 Å². The fraction of sp³-hybridized carbons (Fsp3) is 0.917. The Kier molecular flexibility index (Phi) is 2.06. The SMILES string of the molecule is CC(C1CC2CCC1C2)N1CC(N)C1=O. The van der Waals surface area contributed by atoms with Crippen molar-refractivity contribution in [2.45, 2.75) is 44.7 Å². The summed E-state index contributed by atoms with van der Waals surface area (Å²) in [6.45, 7) is 3.00. The number of fused-ring (bicyclic) bond motifs is 2. The number of hydrogen-bond acceptors (Lipinski definition) is 2. The van der Waals surface area contributed by atoms with Gasteiger partial charge in [-0.3, -0.25) is 4.79 Å². The van der Waals surface area contributed by atoms with E-state index in [1.807, 2.05) is 4.90 Å². The van der Waals surface area contributed by atoms with Crippen molar-refractivity contribution in [3.63, 3.8) is 0 Å². The molecule has 0 radical (unpaired) electrons. The fourth-order valence-corrected chi connectivity index (χ4v) is 3.96. The lowest BCUT2D eigenvalue weighted by Crippen LogP contribution is -2.65. The Morgan fingerprint density at radius 1 is 1.40 bits per heavy atom. The standard InChI is InChI=1S/C12H20N2O/c1-7(14-6-11(13)12(14)15)10-5-8-2-3-9(10)4-8/h7-11H,2-6,13H2,1H3. The fourth-order valence-electron chi connectivity index (χ4n) is 3.96. The zero-order chi connectivity index (χ0) is 10.6. The van der Waals surface area contributed by atoms with Gasteiger partial charge in [-0.1, -0.05) is 6.42 Å². The van der Waals surface area contributed by atoms with Crippen molar-refractivity contribution in [2.75, 3.05) is 6.54 Å². The van der Waals surface area contributed by atoms with Crippen LogP contribution in [0.1, 0.15) is 32.6 Å². The normalized spacial score (nSPS) is 45.7. The van der Waals surface area contributed by atoms with Gasteiger partial charge in [-0.15, -0.1) is 0 Å². The Labute approximate surface area is 91.0 Å². The Hall–Kier alpha value is -0.570. The molecule has 15 heavy (non-hydrogen) atoms. The van der Waals surface area contributed by atoms with Gasteiger partial charge in [0.15, 0.2) is 0 Å². The van der Waals surface area contributed by atoms with Crippen LogP contribution in [0.15, 0.2) is 0 Å². The monoisotopic (exact) mass is 208 g/mol. The summed E-state index contributed by atoms with van der Waals surface area (Å²) in [6, 6.07) is 0.235. The Morgan fingerprint density at radius 3 is 2.67 bits per heavy atom. The summed E-state index contributed by atoms with van der Waals surface area (Å²) < 4.78 is 0. The molecule has 0 aromatic heterocycles. The third kappa shape index (κ3) is 1.32. The number of amides is 1. The number of rotatable bonds is 2. The maximum atomic E-state index is 11.6. The first-order valence-corrected chi connectivity index (χ1v) is 6.23. The first kappa shape index (κ1) is 9.64. The maximum absolute atomic E-state index is 11.6. The lowest BCUT2D eigenvalue weighted by Gasteiger charge is -2.44. The molecule has 1 saturated heterocycles. The molecule has 1 amide bonds. The van der Waals surface area contributed by atoms with Crippen LogP contribution in [-0.4, -0.2) is 29.4 Å².